The molecule has 0 radical (unpaired) electrons. The number of hydrogen-bond donors (Lipinski definition) is 2. The van der Waals surface area contributed by atoms with E-state index in [9.17, 15) is 9.90 Å². The molecule has 0 saturated heterocycles. The zero-order valence-electron chi connectivity index (χ0n) is 15.3. The van der Waals surface area contributed by atoms with Gasteiger partial charge in [-0.05, 0) is 30.3 Å². The third-order valence-corrected chi connectivity index (χ3v) is 6.27. The zero-order chi connectivity index (χ0) is 20.5. The van der Waals surface area contributed by atoms with Crippen molar-refractivity contribution >= 4 is 61.3 Å². The number of anilines is 2. The van der Waals surface area contributed by atoms with E-state index in [2.05, 4.69) is 25.3 Å². The van der Waals surface area contributed by atoms with Crippen molar-refractivity contribution in [2.24, 2.45) is 0 Å². The van der Waals surface area contributed by atoms with Gasteiger partial charge < -0.3 is 10.4 Å². The highest BCUT2D eigenvalue weighted by Crippen LogP contribution is 2.34. The number of fused-ring (bicyclic) bond motifs is 2. The van der Waals surface area contributed by atoms with E-state index in [0.717, 1.165) is 26.1 Å². The summed E-state index contributed by atoms with van der Waals surface area (Å²) in [6, 6.07) is 16.6. The molecule has 0 saturated carbocycles. The molecule has 3 aromatic heterocycles. The van der Waals surface area contributed by atoms with Crippen LogP contribution in [-0.2, 0) is 0 Å². The molecule has 0 spiro atoms. The van der Waals surface area contributed by atoms with Gasteiger partial charge in [0.2, 0.25) is 0 Å². The van der Waals surface area contributed by atoms with Gasteiger partial charge in [-0.1, -0.05) is 47.4 Å². The van der Waals surface area contributed by atoms with E-state index in [0.29, 0.717) is 15.8 Å². The Labute approximate surface area is 178 Å². The lowest BCUT2D eigenvalue weighted by molar-refractivity contribution is 0.0693. The van der Waals surface area contributed by atoms with Crippen LogP contribution < -0.4 is 5.32 Å². The van der Waals surface area contributed by atoms with Crippen molar-refractivity contribution in [3.63, 3.8) is 0 Å². The number of carboxylic acid groups (broad SMARTS) is 1. The highest BCUT2D eigenvalue weighted by atomic mass is 32.2. The average molecular weight is 432 g/mol. The fraction of sp³-hybridized carbons (Fsp3) is 0. The molecular weight excluding hydrogens is 418 g/mol. The maximum absolute atomic E-state index is 11.4. The summed E-state index contributed by atoms with van der Waals surface area (Å²) < 4.78 is 0. The van der Waals surface area contributed by atoms with Gasteiger partial charge in [0.15, 0.2) is 5.13 Å². The van der Waals surface area contributed by atoms with Crippen LogP contribution in [0, 0.1) is 0 Å². The van der Waals surface area contributed by atoms with Crippen LogP contribution >= 0.6 is 23.1 Å². The molecule has 7 nitrogen and oxygen atoms in total. The summed E-state index contributed by atoms with van der Waals surface area (Å²) >= 11 is 2.78. The first-order valence-electron chi connectivity index (χ1n) is 8.91. The largest absolute Gasteiger partial charge is 0.478 e. The Morgan fingerprint density at radius 2 is 1.83 bits per heavy atom. The summed E-state index contributed by atoms with van der Waals surface area (Å²) in [5.41, 5.74) is 1.85. The van der Waals surface area contributed by atoms with E-state index in [1.807, 2.05) is 36.4 Å². The molecule has 2 N–H and O–H groups in total. The first-order valence-corrected chi connectivity index (χ1v) is 10.5. The van der Waals surface area contributed by atoms with Crippen LogP contribution in [0.3, 0.4) is 0 Å². The number of hydrogen-bond acceptors (Lipinski definition) is 8. The van der Waals surface area contributed by atoms with E-state index >= 15 is 0 Å². The van der Waals surface area contributed by atoms with Crippen LogP contribution in [0.15, 0.2) is 76.9 Å². The number of carboxylic acids is 1. The molecule has 0 amide bonds. The molecule has 0 bridgehead atoms. The fourth-order valence-electron chi connectivity index (χ4n) is 2.98. The standard InChI is InChI=1S/C21H13N5O2S2/c27-20(28)14-6-2-4-8-17(14)29-12-9-16-19(22-10-12)30-21(25-16)26-18-13-5-1-3-7-15(13)23-11-24-18/h1-11H,(H,27,28)(H,23,24,25,26). The minimum atomic E-state index is -0.954. The van der Waals surface area contributed by atoms with Crippen LogP contribution in [0.1, 0.15) is 10.4 Å². The summed E-state index contributed by atoms with van der Waals surface area (Å²) in [6.45, 7) is 0. The maximum atomic E-state index is 11.4. The van der Waals surface area contributed by atoms with Gasteiger partial charge in [-0.2, -0.15) is 0 Å². The lowest BCUT2D eigenvalue weighted by Gasteiger charge is -2.05. The molecular formula is C21H13N5O2S2. The van der Waals surface area contributed by atoms with Gasteiger partial charge in [0.1, 0.15) is 22.5 Å². The summed E-state index contributed by atoms with van der Waals surface area (Å²) in [7, 11) is 0. The van der Waals surface area contributed by atoms with E-state index < -0.39 is 5.97 Å². The molecule has 2 aromatic carbocycles. The van der Waals surface area contributed by atoms with Crippen molar-refractivity contribution in [2.75, 3.05) is 5.32 Å². The summed E-state index contributed by atoms with van der Waals surface area (Å²) in [5.74, 6) is -0.269. The van der Waals surface area contributed by atoms with E-state index in [1.165, 1.54) is 29.4 Å². The molecule has 3 heterocycles. The van der Waals surface area contributed by atoms with Crippen molar-refractivity contribution in [3.8, 4) is 0 Å². The van der Waals surface area contributed by atoms with Gasteiger partial charge in [-0.3, -0.25) is 0 Å². The van der Waals surface area contributed by atoms with Crippen LogP contribution in [0.2, 0.25) is 0 Å². The molecule has 0 unspecified atom stereocenters. The minimum absolute atomic E-state index is 0.263. The normalized spacial score (nSPS) is 11.1. The lowest BCUT2D eigenvalue weighted by Crippen LogP contribution is -1.97. The van der Waals surface area contributed by atoms with Crippen LogP contribution in [0.5, 0.6) is 0 Å². The molecule has 9 heteroatoms. The predicted molar refractivity (Wildman–Crippen MR) is 118 cm³/mol. The monoisotopic (exact) mass is 431 g/mol. The summed E-state index contributed by atoms with van der Waals surface area (Å²) in [6.07, 6.45) is 3.25. The van der Waals surface area contributed by atoms with Gasteiger partial charge in [0.05, 0.1) is 11.1 Å². The number of para-hydroxylation sites is 1. The van der Waals surface area contributed by atoms with Gasteiger partial charge in [0, 0.05) is 21.4 Å². The molecule has 146 valence electrons. The number of rotatable bonds is 5. The number of carbonyl (C=O) groups is 1. The van der Waals surface area contributed by atoms with E-state index in [-0.39, 0.29) is 5.56 Å². The number of aromatic carboxylic acids is 1. The number of pyridine rings is 1. The van der Waals surface area contributed by atoms with Crippen molar-refractivity contribution < 1.29 is 9.90 Å². The third kappa shape index (κ3) is 3.56. The first-order chi connectivity index (χ1) is 14.7. The lowest BCUT2D eigenvalue weighted by atomic mass is 10.2. The maximum Gasteiger partial charge on any atom is 0.336 e. The Kier molecular flexibility index (Phi) is 4.74. The molecule has 5 rings (SSSR count). The molecule has 0 aliphatic heterocycles. The Morgan fingerprint density at radius 1 is 1.00 bits per heavy atom. The molecule has 0 aliphatic carbocycles. The number of nitrogens with one attached hydrogen (secondary N) is 1. The first kappa shape index (κ1) is 18.5. The Hall–Kier alpha value is -3.56. The van der Waals surface area contributed by atoms with Gasteiger partial charge in [-0.15, -0.1) is 0 Å². The highest BCUT2D eigenvalue weighted by molar-refractivity contribution is 7.99. The quantitative estimate of drug-likeness (QED) is 0.390. The Balaban J connectivity index is 1.45. The predicted octanol–water partition coefficient (Wildman–Crippen LogP) is 5.23. The van der Waals surface area contributed by atoms with Gasteiger partial charge in [-0.25, -0.2) is 24.7 Å². The average Bonchev–Trinajstić information content (AvgIpc) is 3.16. The van der Waals surface area contributed by atoms with Crippen LogP contribution in [0.25, 0.3) is 21.3 Å². The third-order valence-electron chi connectivity index (χ3n) is 4.34. The number of benzene rings is 2. The Morgan fingerprint density at radius 3 is 2.73 bits per heavy atom. The minimum Gasteiger partial charge on any atom is -0.478 e. The van der Waals surface area contributed by atoms with Crippen molar-refractivity contribution in [1.29, 1.82) is 0 Å². The topological polar surface area (TPSA) is 101 Å². The van der Waals surface area contributed by atoms with Gasteiger partial charge >= 0.3 is 5.97 Å². The zero-order valence-corrected chi connectivity index (χ0v) is 16.9. The second kappa shape index (κ2) is 7.69. The van der Waals surface area contributed by atoms with E-state index in [1.54, 1.807) is 24.4 Å². The van der Waals surface area contributed by atoms with Gasteiger partial charge in [0.25, 0.3) is 0 Å². The molecule has 5 aromatic rings. The Bertz CT molecular complexity index is 1400. The number of thiazole rings is 1. The number of aromatic nitrogens is 4. The summed E-state index contributed by atoms with van der Waals surface area (Å²) in [5, 5.41) is 14.2. The fourth-order valence-corrected chi connectivity index (χ4v) is 4.71. The molecule has 0 aliphatic rings. The van der Waals surface area contributed by atoms with Crippen molar-refractivity contribution in [2.45, 2.75) is 9.79 Å². The molecule has 30 heavy (non-hydrogen) atoms. The molecule has 0 fully saturated rings. The van der Waals surface area contributed by atoms with E-state index in [4.69, 9.17) is 0 Å². The number of nitrogens with zero attached hydrogens (tertiary/aromatic N) is 4. The van der Waals surface area contributed by atoms with Crippen molar-refractivity contribution in [1.82, 2.24) is 19.9 Å². The summed E-state index contributed by atoms with van der Waals surface area (Å²) in [4.78, 5) is 31.4. The SMILES string of the molecule is O=C(O)c1ccccc1Sc1cnc2sc(Nc3ncnc4ccccc34)nc2c1. The second-order valence-electron chi connectivity index (χ2n) is 6.28. The van der Waals surface area contributed by atoms with Crippen LogP contribution in [-0.4, -0.2) is 31.0 Å². The second-order valence-corrected chi connectivity index (χ2v) is 8.37. The smallest absolute Gasteiger partial charge is 0.336 e. The van der Waals surface area contributed by atoms with Crippen LogP contribution in [0.4, 0.5) is 10.9 Å². The molecule has 0 atom stereocenters. The highest BCUT2D eigenvalue weighted by Gasteiger charge is 2.13. The van der Waals surface area contributed by atoms with Crippen molar-refractivity contribution in [3.05, 3.63) is 72.7 Å².